The van der Waals surface area contributed by atoms with E-state index in [1.54, 1.807) is 42.5 Å². The Bertz CT molecular complexity index is 921. The second-order valence-corrected chi connectivity index (χ2v) is 7.37. The molecular formula is C20H19BrClN3O5. The number of esters is 1. The molecule has 0 aliphatic heterocycles. The molecule has 0 heterocycles. The highest BCUT2D eigenvalue weighted by Crippen LogP contribution is 2.15. The lowest BCUT2D eigenvalue weighted by molar-refractivity contribution is -0.148. The molecule has 0 spiro atoms. The number of halogens is 2. The van der Waals surface area contributed by atoms with Crippen LogP contribution in [0.1, 0.15) is 29.6 Å². The number of anilines is 1. The topological polar surface area (TPSA) is 114 Å². The molecule has 10 heteroatoms. The zero-order chi connectivity index (χ0) is 21.9. The SMILES string of the molecule is O=C(COC(=O)CCCC(=O)Nc1ccc(Br)cc1)NNC(=O)c1ccccc1Cl. The molecule has 2 aromatic rings. The molecule has 3 N–H and O–H groups in total. The molecule has 0 aromatic heterocycles. The maximum Gasteiger partial charge on any atom is 0.306 e. The van der Waals surface area contributed by atoms with Crippen LogP contribution in [0.25, 0.3) is 0 Å². The van der Waals surface area contributed by atoms with Crippen molar-refractivity contribution in [2.75, 3.05) is 11.9 Å². The Morgan fingerprint density at radius 3 is 2.30 bits per heavy atom. The van der Waals surface area contributed by atoms with E-state index < -0.39 is 24.4 Å². The number of hydrazine groups is 1. The standard InChI is InChI=1S/C20H19BrClN3O5/c21-13-8-10-14(11-9-13)23-17(26)6-3-7-19(28)30-12-18(27)24-25-20(29)15-4-1-2-5-16(15)22/h1-2,4-5,8-11H,3,6-7,12H2,(H,23,26)(H,24,27)(H,25,29). The van der Waals surface area contributed by atoms with Crippen molar-refractivity contribution in [3.8, 4) is 0 Å². The Kier molecular flexibility index (Phi) is 9.30. The summed E-state index contributed by atoms with van der Waals surface area (Å²) >= 11 is 9.19. The fraction of sp³-hybridized carbons (Fsp3) is 0.200. The van der Waals surface area contributed by atoms with Gasteiger partial charge in [-0.1, -0.05) is 39.7 Å². The molecule has 0 saturated heterocycles. The molecule has 0 atom stereocenters. The minimum atomic E-state index is -0.711. The van der Waals surface area contributed by atoms with Gasteiger partial charge in [-0.2, -0.15) is 0 Å². The number of ether oxygens (including phenoxy) is 1. The molecule has 0 bridgehead atoms. The molecule has 2 aromatic carbocycles. The maximum atomic E-state index is 11.9. The number of nitrogens with one attached hydrogen (secondary N) is 3. The van der Waals surface area contributed by atoms with Crippen LogP contribution in [-0.4, -0.2) is 30.3 Å². The summed E-state index contributed by atoms with van der Waals surface area (Å²) in [6.45, 7) is -0.563. The van der Waals surface area contributed by atoms with Gasteiger partial charge in [0.1, 0.15) is 0 Å². The number of hydrogen-bond donors (Lipinski definition) is 3. The second kappa shape index (κ2) is 11.9. The molecule has 158 valence electrons. The van der Waals surface area contributed by atoms with Crippen molar-refractivity contribution < 1.29 is 23.9 Å². The summed E-state index contributed by atoms with van der Waals surface area (Å²) in [6, 6.07) is 13.4. The van der Waals surface area contributed by atoms with Crippen molar-refractivity contribution in [1.82, 2.24) is 10.9 Å². The van der Waals surface area contributed by atoms with E-state index in [-0.39, 0.29) is 35.8 Å². The zero-order valence-corrected chi connectivity index (χ0v) is 18.1. The monoisotopic (exact) mass is 495 g/mol. The fourth-order valence-corrected chi connectivity index (χ4v) is 2.73. The van der Waals surface area contributed by atoms with E-state index >= 15 is 0 Å². The molecule has 2 rings (SSSR count). The van der Waals surface area contributed by atoms with Crippen molar-refractivity contribution in [3.63, 3.8) is 0 Å². The lowest BCUT2D eigenvalue weighted by Gasteiger charge is -2.09. The van der Waals surface area contributed by atoms with Gasteiger partial charge < -0.3 is 10.1 Å². The van der Waals surface area contributed by atoms with E-state index in [1.165, 1.54) is 6.07 Å². The van der Waals surface area contributed by atoms with Crippen molar-refractivity contribution >= 4 is 56.9 Å². The van der Waals surface area contributed by atoms with Crippen LogP contribution in [0.15, 0.2) is 53.0 Å². The van der Waals surface area contributed by atoms with Gasteiger partial charge in [0.25, 0.3) is 11.8 Å². The van der Waals surface area contributed by atoms with Gasteiger partial charge in [-0.25, -0.2) is 0 Å². The lowest BCUT2D eigenvalue weighted by atomic mass is 10.2. The minimum absolute atomic E-state index is 0.0208. The van der Waals surface area contributed by atoms with Crippen LogP contribution in [0.4, 0.5) is 5.69 Å². The first-order valence-corrected chi connectivity index (χ1v) is 10.1. The first kappa shape index (κ1) is 23.4. The van der Waals surface area contributed by atoms with Crippen molar-refractivity contribution in [2.24, 2.45) is 0 Å². The summed E-state index contributed by atoms with van der Waals surface area (Å²) in [5, 5.41) is 2.95. The summed E-state index contributed by atoms with van der Waals surface area (Å²) in [4.78, 5) is 47.1. The van der Waals surface area contributed by atoms with Gasteiger partial charge in [0.05, 0.1) is 10.6 Å². The Morgan fingerprint density at radius 2 is 1.60 bits per heavy atom. The van der Waals surface area contributed by atoms with E-state index in [0.717, 1.165) is 4.47 Å². The molecule has 0 fully saturated rings. The molecule has 0 aliphatic rings. The number of carbonyl (C=O) groups excluding carboxylic acids is 4. The molecule has 0 saturated carbocycles. The Balaban J connectivity index is 1.60. The summed E-state index contributed by atoms with van der Waals surface area (Å²) in [7, 11) is 0. The van der Waals surface area contributed by atoms with Gasteiger partial charge in [0.15, 0.2) is 6.61 Å². The van der Waals surface area contributed by atoms with E-state index in [4.69, 9.17) is 16.3 Å². The van der Waals surface area contributed by atoms with Gasteiger partial charge >= 0.3 is 5.97 Å². The van der Waals surface area contributed by atoms with E-state index in [0.29, 0.717) is 5.69 Å². The summed E-state index contributed by atoms with van der Waals surface area (Å²) in [5.74, 6) is -2.17. The Morgan fingerprint density at radius 1 is 0.900 bits per heavy atom. The van der Waals surface area contributed by atoms with Gasteiger partial charge in [-0.05, 0) is 42.8 Å². The molecule has 30 heavy (non-hydrogen) atoms. The van der Waals surface area contributed by atoms with Crippen LogP contribution in [0, 0.1) is 0 Å². The molecule has 8 nitrogen and oxygen atoms in total. The third-order valence-electron chi connectivity index (χ3n) is 3.71. The van der Waals surface area contributed by atoms with Crippen LogP contribution in [0.3, 0.4) is 0 Å². The zero-order valence-electron chi connectivity index (χ0n) is 15.7. The third kappa shape index (κ3) is 8.22. The second-order valence-electron chi connectivity index (χ2n) is 6.05. The normalized spacial score (nSPS) is 10.1. The third-order valence-corrected chi connectivity index (χ3v) is 4.57. The minimum Gasteiger partial charge on any atom is -0.455 e. The number of benzene rings is 2. The van der Waals surface area contributed by atoms with Crippen LogP contribution >= 0.6 is 27.5 Å². The number of hydrogen-bond acceptors (Lipinski definition) is 5. The molecule has 3 amide bonds. The van der Waals surface area contributed by atoms with Crippen molar-refractivity contribution in [3.05, 3.63) is 63.6 Å². The van der Waals surface area contributed by atoms with Gasteiger partial charge in [0, 0.05) is 23.0 Å². The maximum absolute atomic E-state index is 11.9. The van der Waals surface area contributed by atoms with Crippen molar-refractivity contribution in [2.45, 2.75) is 19.3 Å². The van der Waals surface area contributed by atoms with E-state index in [2.05, 4.69) is 32.1 Å². The Hall–Kier alpha value is -2.91. The summed E-state index contributed by atoms with van der Waals surface area (Å²) in [6.07, 6.45) is 0.379. The molecule has 0 radical (unpaired) electrons. The first-order valence-electron chi connectivity index (χ1n) is 8.90. The van der Waals surface area contributed by atoms with Gasteiger partial charge in [-0.15, -0.1) is 0 Å². The number of carbonyl (C=O) groups is 4. The lowest BCUT2D eigenvalue weighted by Crippen LogP contribution is -2.43. The molecular weight excluding hydrogens is 478 g/mol. The quantitative estimate of drug-likeness (QED) is 0.384. The summed E-state index contributed by atoms with van der Waals surface area (Å²) < 4.78 is 5.71. The predicted octanol–water partition coefficient (Wildman–Crippen LogP) is 3.22. The highest BCUT2D eigenvalue weighted by molar-refractivity contribution is 9.10. The number of rotatable bonds is 8. The van der Waals surface area contributed by atoms with Crippen molar-refractivity contribution in [1.29, 1.82) is 0 Å². The van der Waals surface area contributed by atoms with E-state index in [9.17, 15) is 19.2 Å². The van der Waals surface area contributed by atoms with Crippen LogP contribution in [-0.2, 0) is 19.1 Å². The molecule has 0 unspecified atom stereocenters. The first-order chi connectivity index (χ1) is 14.3. The largest absolute Gasteiger partial charge is 0.455 e. The average Bonchev–Trinajstić information content (AvgIpc) is 2.72. The highest BCUT2D eigenvalue weighted by atomic mass is 79.9. The van der Waals surface area contributed by atoms with Gasteiger partial charge in [0.2, 0.25) is 5.91 Å². The fourth-order valence-electron chi connectivity index (χ4n) is 2.24. The number of amides is 3. The van der Waals surface area contributed by atoms with E-state index in [1.807, 2.05) is 0 Å². The average molecular weight is 497 g/mol. The predicted molar refractivity (Wildman–Crippen MR) is 115 cm³/mol. The van der Waals surface area contributed by atoms with Gasteiger partial charge in [-0.3, -0.25) is 30.0 Å². The van der Waals surface area contributed by atoms with Crippen LogP contribution in [0.2, 0.25) is 5.02 Å². The summed E-state index contributed by atoms with van der Waals surface area (Å²) in [5.41, 5.74) is 5.15. The van der Waals surface area contributed by atoms with Crippen LogP contribution in [0.5, 0.6) is 0 Å². The van der Waals surface area contributed by atoms with Crippen LogP contribution < -0.4 is 16.2 Å². The molecule has 0 aliphatic carbocycles. The highest BCUT2D eigenvalue weighted by Gasteiger charge is 2.12. The Labute approximate surface area is 186 Å². The smallest absolute Gasteiger partial charge is 0.306 e.